The SMILES string of the molecule is O=P([O-])([O-])O.O=P([O-])([O-])O.O=P([O-])([O-])O.[Cr+3].[Cr+3]. The maximum atomic E-state index is 8.66. The van der Waals surface area contributed by atoms with E-state index in [1.54, 1.807) is 0 Å². The summed E-state index contributed by atoms with van der Waals surface area (Å²) >= 11 is 0. The van der Waals surface area contributed by atoms with Crippen LogP contribution in [0.15, 0.2) is 0 Å². The van der Waals surface area contributed by atoms with Crippen LogP contribution in [-0.2, 0) is 48.4 Å². The summed E-state index contributed by atoms with van der Waals surface area (Å²) < 4.78 is 26.0. The Hall–Kier alpha value is 1.39. The first-order chi connectivity index (χ1) is 6.00. The van der Waals surface area contributed by atoms with Crippen molar-refractivity contribution in [2.75, 3.05) is 0 Å². The summed E-state index contributed by atoms with van der Waals surface area (Å²) in [5, 5.41) is 0. The van der Waals surface area contributed by atoms with Gasteiger partial charge in [-0.3, -0.25) is 0 Å². The van der Waals surface area contributed by atoms with E-state index in [1.165, 1.54) is 0 Å². The molecule has 0 aromatic heterocycles. The molecule has 102 valence electrons. The zero-order chi connectivity index (χ0) is 13.5. The van der Waals surface area contributed by atoms with Crippen LogP contribution in [0.5, 0.6) is 0 Å². The fraction of sp³-hybridized carbons (Fsp3) is 0. The first-order valence-corrected chi connectivity index (χ1v) is 6.73. The van der Waals surface area contributed by atoms with E-state index in [1.807, 2.05) is 0 Å². The maximum Gasteiger partial charge on any atom is 3.00 e. The summed E-state index contributed by atoms with van der Waals surface area (Å²) in [4.78, 5) is 72.9. The Labute approximate surface area is 116 Å². The molecule has 0 atom stereocenters. The molecule has 0 aromatic carbocycles. The second-order valence-corrected chi connectivity index (χ2v) is 4.22. The monoisotopic (exact) mass is 392 g/mol. The van der Waals surface area contributed by atoms with Crippen LogP contribution in [0.2, 0.25) is 0 Å². The van der Waals surface area contributed by atoms with Crippen molar-refractivity contribution in [2.45, 2.75) is 0 Å². The normalized spacial score (nSPS) is 10.4. The molecular weight excluding hydrogens is 389 g/mol. The Balaban J connectivity index is -0.0000000400. The van der Waals surface area contributed by atoms with Crippen LogP contribution in [0.1, 0.15) is 0 Å². The van der Waals surface area contributed by atoms with Gasteiger partial charge < -0.3 is 57.7 Å². The summed E-state index contributed by atoms with van der Waals surface area (Å²) in [6, 6.07) is 0. The van der Waals surface area contributed by atoms with Crippen LogP contribution in [0.25, 0.3) is 0 Å². The average Bonchev–Trinajstić information content (AvgIpc) is 1.41. The average molecular weight is 392 g/mol. The first-order valence-electron chi connectivity index (χ1n) is 2.24. The third-order valence-corrected chi connectivity index (χ3v) is 0. The molecule has 0 unspecified atom stereocenters. The fourth-order valence-electron chi connectivity index (χ4n) is 0. The fourth-order valence-corrected chi connectivity index (χ4v) is 0. The molecule has 0 aliphatic heterocycles. The quantitative estimate of drug-likeness (QED) is 0.325. The molecule has 0 heterocycles. The molecule has 12 nitrogen and oxygen atoms in total. The van der Waals surface area contributed by atoms with E-state index in [-0.39, 0.29) is 34.7 Å². The first kappa shape index (κ1) is 31.0. The minimum absolute atomic E-state index is 0. The van der Waals surface area contributed by atoms with Gasteiger partial charge in [0.15, 0.2) is 0 Å². The molecular formula is H3Cr2O12P3. The molecule has 0 saturated heterocycles. The largest absolute Gasteiger partial charge is 3.00 e. The molecule has 0 bridgehead atoms. The Morgan fingerprint density at radius 3 is 0.529 bits per heavy atom. The minimum atomic E-state index is -5.14. The molecule has 0 rings (SSSR count). The van der Waals surface area contributed by atoms with Gasteiger partial charge in [-0.1, -0.05) is 0 Å². The Bertz CT molecular complexity index is 206. The van der Waals surface area contributed by atoms with Gasteiger partial charge in [0, 0.05) is 0 Å². The van der Waals surface area contributed by atoms with Crippen molar-refractivity contribution in [1.82, 2.24) is 0 Å². The zero-order valence-electron chi connectivity index (χ0n) is 7.17. The Kier molecular flexibility index (Phi) is 22.7. The number of phosphoric acid groups is 3. The third kappa shape index (κ3) is 2120. The van der Waals surface area contributed by atoms with E-state index < -0.39 is 23.5 Å². The Morgan fingerprint density at radius 2 is 0.529 bits per heavy atom. The smallest absolute Gasteiger partial charge is 0.790 e. The standard InChI is InChI=1S/2Cr.3H3O4P/c;;3*1-5(2,3)4/h;;3*(H3,1,2,3,4)/q2*+3;;;/p-6. The predicted molar refractivity (Wildman–Crippen MR) is 29.5 cm³/mol. The third-order valence-electron chi connectivity index (χ3n) is 0. The second kappa shape index (κ2) is 12.4. The summed E-state index contributed by atoms with van der Waals surface area (Å²) in [6.45, 7) is 0. The summed E-state index contributed by atoms with van der Waals surface area (Å²) in [7, 11) is -15.4. The van der Waals surface area contributed by atoms with Crippen LogP contribution in [0.3, 0.4) is 0 Å². The van der Waals surface area contributed by atoms with Crippen LogP contribution in [0, 0.1) is 0 Å². The van der Waals surface area contributed by atoms with E-state index in [2.05, 4.69) is 0 Å². The van der Waals surface area contributed by atoms with Crippen molar-refractivity contribution in [3.05, 3.63) is 0 Å². The molecule has 3 N–H and O–H groups in total. The van der Waals surface area contributed by atoms with Crippen molar-refractivity contribution in [1.29, 1.82) is 0 Å². The van der Waals surface area contributed by atoms with Gasteiger partial charge in [0.1, 0.15) is 0 Å². The number of hydrogen-bond acceptors (Lipinski definition) is 9. The molecule has 17 heteroatoms. The Morgan fingerprint density at radius 1 is 0.529 bits per heavy atom. The molecule has 0 amide bonds. The van der Waals surface area contributed by atoms with Crippen molar-refractivity contribution in [3.63, 3.8) is 0 Å². The zero-order valence-corrected chi connectivity index (χ0v) is 12.4. The molecule has 0 spiro atoms. The van der Waals surface area contributed by atoms with Gasteiger partial charge in [-0.2, -0.15) is 0 Å². The van der Waals surface area contributed by atoms with Crippen molar-refractivity contribution in [2.24, 2.45) is 0 Å². The molecule has 0 aromatic rings. The molecule has 2 radical (unpaired) electrons. The molecule has 0 aliphatic rings. The van der Waals surface area contributed by atoms with Crippen LogP contribution < -0.4 is 29.4 Å². The van der Waals surface area contributed by atoms with Crippen molar-refractivity contribution in [3.8, 4) is 0 Å². The maximum absolute atomic E-state index is 8.66. The van der Waals surface area contributed by atoms with Crippen molar-refractivity contribution < 1.29 is 92.5 Å². The molecule has 0 saturated carbocycles. The van der Waals surface area contributed by atoms with Gasteiger partial charge in [-0.25, -0.2) is 0 Å². The van der Waals surface area contributed by atoms with Gasteiger partial charge in [-0.05, 0) is 0 Å². The molecule has 0 aliphatic carbocycles. The van der Waals surface area contributed by atoms with Crippen LogP contribution >= 0.6 is 23.5 Å². The molecule has 0 fully saturated rings. The van der Waals surface area contributed by atoms with Gasteiger partial charge in [-0.15, -0.1) is 0 Å². The van der Waals surface area contributed by atoms with E-state index in [4.69, 9.17) is 57.7 Å². The van der Waals surface area contributed by atoms with Crippen molar-refractivity contribution >= 4 is 23.5 Å². The van der Waals surface area contributed by atoms with E-state index in [0.717, 1.165) is 0 Å². The van der Waals surface area contributed by atoms with E-state index in [9.17, 15) is 0 Å². The van der Waals surface area contributed by atoms with Crippen LogP contribution in [0.4, 0.5) is 0 Å². The summed E-state index contributed by atoms with van der Waals surface area (Å²) in [6.07, 6.45) is 0. The minimum Gasteiger partial charge on any atom is -0.790 e. The molecule has 17 heavy (non-hydrogen) atoms. The van der Waals surface area contributed by atoms with Gasteiger partial charge in [0.2, 0.25) is 0 Å². The summed E-state index contributed by atoms with van der Waals surface area (Å²) in [5.74, 6) is 0. The topological polar surface area (TPSA) is 250 Å². The predicted octanol–water partition coefficient (Wildman–Crippen LogP) is -6.58. The van der Waals surface area contributed by atoms with Crippen LogP contribution in [-0.4, -0.2) is 14.7 Å². The van der Waals surface area contributed by atoms with E-state index >= 15 is 0 Å². The number of hydrogen-bond donors (Lipinski definition) is 3. The van der Waals surface area contributed by atoms with Gasteiger partial charge >= 0.3 is 34.7 Å². The van der Waals surface area contributed by atoms with Gasteiger partial charge in [0.05, 0.1) is 23.5 Å². The summed E-state index contributed by atoms with van der Waals surface area (Å²) in [5.41, 5.74) is 0. The van der Waals surface area contributed by atoms with E-state index in [0.29, 0.717) is 0 Å². The number of rotatable bonds is 0. The van der Waals surface area contributed by atoms with Gasteiger partial charge in [0.25, 0.3) is 0 Å². The second-order valence-electron chi connectivity index (χ2n) is 1.41.